The first-order valence-electron chi connectivity index (χ1n) is 6.43. The number of halogens is 1. The van der Waals surface area contributed by atoms with Crippen LogP contribution in [0.4, 0.5) is 0 Å². The predicted molar refractivity (Wildman–Crippen MR) is 81.2 cm³/mol. The third kappa shape index (κ3) is 3.28. The number of aldehydes is 1. The summed E-state index contributed by atoms with van der Waals surface area (Å²) < 4.78 is 8.52. The minimum atomic E-state index is 0.323. The molecule has 0 amide bonds. The van der Waals surface area contributed by atoms with Crippen LogP contribution >= 0.6 is 15.9 Å². The van der Waals surface area contributed by atoms with Gasteiger partial charge in [0.25, 0.3) is 0 Å². The number of aryl methyl sites for hydroxylation is 1. The molecule has 20 heavy (non-hydrogen) atoms. The van der Waals surface area contributed by atoms with Gasteiger partial charge in [-0.1, -0.05) is 15.9 Å². The number of rotatable bonds is 5. The van der Waals surface area contributed by atoms with Crippen LogP contribution in [0.2, 0.25) is 0 Å². The van der Waals surface area contributed by atoms with Crippen LogP contribution < -0.4 is 4.74 Å². The fraction of sp³-hybridized carbons (Fsp3) is 0.333. The zero-order valence-corrected chi connectivity index (χ0v) is 13.3. The molecule has 0 N–H and O–H groups in total. The largest absolute Gasteiger partial charge is 0.486 e. The SMILES string of the molecule is Cc1cc(Br)cc(C=O)c1OCc1ccn(C(C)C)n1. The maximum Gasteiger partial charge on any atom is 0.153 e. The first-order chi connectivity index (χ1) is 9.51. The predicted octanol–water partition coefficient (Wildman–Crippen LogP) is 3.93. The van der Waals surface area contributed by atoms with E-state index in [0.717, 1.165) is 22.0 Å². The molecule has 1 aromatic heterocycles. The number of benzene rings is 1. The summed E-state index contributed by atoms with van der Waals surface area (Å²) in [5.41, 5.74) is 2.31. The van der Waals surface area contributed by atoms with Crippen molar-refractivity contribution in [3.05, 3.63) is 45.7 Å². The van der Waals surface area contributed by atoms with Crippen LogP contribution in [0.3, 0.4) is 0 Å². The van der Waals surface area contributed by atoms with E-state index in [0.29, 0.717) is 24.0 Å². The molecule has 0 aliphatic carbocycles. The summed E-state index contributed by atoms with van der Waals surface area (Å²) in [7, 11) is 0. The molecule has 0 saturated carbocycles. The van der Waals surface area contributed by atoms with Gasteiger partial charge in [0.05, 0.1) is 11.3 Å². The van der Waals surface area contributed by atoms with Gasteiger partial charge in [0.15, 0.2) is 6.29 Å². The summed E-state index contributed by atoms with van der Waals surface area (Å²) in [5, 5.41) is 4.42. The van der Waals surface area contributed by atoms with E-state index >= 15 is 0 Å². The molecule has 106 valence electrons. The molecular weight excluding hydrogens is 320 g/mol. The van der Waals surface area contributed by atoms with Crippen molar-refractivity contribution in [1.29, 1.82) is 0 Å². The van der Waals surface area contributed by atoms with Gasteiger partial charge in [0.2, 0.25) is 0 Å². The number of aromatic nitrogens is 2. The van der Waals surface area contributed by atoms with E-state index in [9.17, 15) is 4.79 Å². The number of hydrogen-bond donors (Lipinski definition) is 0. The van der Waals surface area contributed by atoms with Gasteiger partial charge in [-0.3, -0.25) is 9.48 Å². The highest BCUT2D eigenvalue weighted by atomic mass is 79.9. The average Bonchev–Trinajstić information content (AvgIpc) is 2.85. The second-order valence-corrected chi connectivity index (χ2v) is 5.84. The summed E-state index contributed by atoms with van der Waals surface area (Å²) in [6.07, 6.45) is 2.73. The molecule has 0 radical (unpaired) electrons. The number of carbonyl (C=O) groups excluding carboxylic acids is 1. The maximum absolute atomic E-state index is 11.1. The van der Waals surface area contributed by atoms with Crippen LogP contribution in [0.5, 0.6) is 5.75 Å². The molecule has 0 unspecified atom stereocenters. The summed E-state index contributed by atoms with van der Waals surface area (Å²) >= 11 is 3.37. The lowest BCUT2D eigenvalue weighted by molar-refractivity contribution is 0.111. The lowest BCUT2D eigenvalue weighted by Gasteiger charge is -2.11. The number of ether oxygens (including phenoxy) is 1. The smallest absolute Gasteiger partial charge is 0.153 e. The molecule has 0 aliphatic heterocycles. The standard InChI is InChI=1S/C15H17BrN2O2/c1-10(2)18-5-4-14(17-18)9-20-15-11(3)6-13(16)7-12(15)8-19/h4-8,10H,9H2,1-3H3. The molecule has 1 heterocycles. The lowest BCUT2D eigenvalue weighted by atomic mass is 10.1. The molecule has 1 aromatic carbocycles. The highest BCUT2D eigenvalue weighted by molar-refractivity contribution is 9.10. The molecule has 0 bridgehead atoms. The van der Waals surface area contributed by atoms with Gasteiger partial charge < -0.3 is 4.74 Å². The second kappa shape index (κ2) is 6.22. The Bertz CT molecular complexity index is 620. The highest BCUT2D eigenvalue weighted by Gasteiger charge is 2.10. The Balaban J connectivity index is 2.16. The Morgan fingerprint density at radius 2 is 2.20 bits per heavy atom. The molecule has 5 heteroatoms. The van der Waals surface area contributed by atoms with E-state index in [2.05, 4.69) is 34.9 Å². The summed E-state index contributed by atoms with van der Waals surface area (Å²) in [6.45, 7) is 6.41. The van der Waals surface area contributed by atoms with Gasteiger partial charge in [-0.15, -0.1) is 0 Å². The van der Waals surface area contributed by atoms with E-state index in [-0.39, 0.29) is 0 Å². The van der Waals surface area contributed by atoms with E-state index in [1.807, 2.05) is 29.9 Å². The van der Waals surface area contributed by atoms with Gasteiger partial charge in [0.1, 0.15) is 12.4 Å². The van der Waals surface area contributed by atoms with Crippen molar-refractivity contribution in [3.8, 4) is 5.75 Å². The molecule has 0 fully saturated rings. The maximum atomic E-state index is 11.1. The van der Waals surface area contributed by atoms with Crippen LogP contribution in [0, 0.1) is 6.92 Å². The van der Waals surface area contributed by atoms with Gasteiger partial charge in [-0.2, -0.15) is 5.10 Å². The zero-order valence-electron chi connectivity index (χ0n) is 11.8. The summed E-state index contributed by atoms with van der Waals surface area (Å²) in [4.78, 5) is 11.1. The van der Waals surface area contributed by atoms with Crippen molar-refractivity contribution in [2.24, 2.45) is 0 Å². The Kier molecular flexibility index (Phi) is 4.60. The van der Waals surface area contributed by atoms with Crippen molar-refractivity contribution in [3.63, 3.8) is 0 Å². The molecule has 2 aromatic rings. The first-order valence-corrected chi connectivity index (χ1v) is 7.22. The Morgan fingerprint density at radius 1 is 1.45 bits per heavy atom. The monoisotopic (exact) mass is 336 g/mol. The van der Waals surface area contributed by atoms with Gasteiger partial charge >= 0.3 is 0 Å². The molecule has 0 saturated heterocycles. The third-order valence-corrected chi connectivity index (χ3v) is 3.41. The van der Waals surface area contributed by atoms with E-state index < -0.39 is 0 Å². The number of nitrogens with zero attached hydrogens (tertiary/aromatic N) is 2. The van der Waals surface area contributed by atoms with Crippen molar-refractivity contribution in [2.75, 3.05) is 0 Å². The second-order valence-electron chi connectivity index (χ2n) is 4.93. The molecule has 2 rings (SSSR count). The Morgan fingerprint density at radius 3 is 2.80 bits per heavy atom. The van der Waals surface area contributed by atoms with E-state index in [1.165, 1.54) is 0 Å². The molecular formula is C15H17BrN2O2. The van der Waals surface area contributed by atoms with E-state index in [1.54, 1.807) is 6.07 Å². The molecule has 4 nitrogen and oxygen atoms in total. The lowest BCUT2D eigenvalue weighted by Crippen LogP contribution is -2.04. The Hall–Kier alpha value is -1.62. The topological polar surface area (TPSA) is 44.1 Å². The zero-order chi connectivity index (χ0) is 14.7. The summed E-state index contributed by atoms with van der Waals surface area (Å²) in [6, 6.07) is 5.93. The molecule has 0 aliphatic rings. The third-order valence-electron chi connectivity index (χ3n) is 2.95. The molecule has 0 atom stereocenters. The number of hydrogen-bond acceptors (Lipinski definition) is 3. The van der Waals surface area contributed by atoms with Crippen LogP contribution in [-0.2, 0) is 6.61 Å². The molecule has 0 spiro atoms. The fourth-order valence-corrected chi connectivity index (χ4v) is 2.52. The van der Waals surface area contributed by atoms with Crippen LogP contribution in [-0.4, -0.2) is 16.1 Å². The summed E-state index contributed by atoms with van der Waals surface area (Å²) in [5.74, 6) is 0.613. The van der Waals surface area contributed by atoms with Crippen LogP contribution in [0.1, 0.15) is 41.5 Å². The Labute approximate surface area is 126 Å². The van der Waals surface area contributed by atoms with Gasteiger partial charge in [0, 0.05) is 16.7 Å². The van der Waals surface area contributed by atoms with Crippen molar-refractivity contribution < 1.29 is 9.53 Å². The fourth-order valence-electron chi connectivity index (χ4n) is 1.93. The number of carbonyl (C=O) groups is 1. The van der Waals surface area contributed by atoms with Crippen LogP contribution in [0.25, 0.3) is 0 Å². The first kappa shape index (κ1) is 14.8. The van der Waals surface area contributed by atoms with Crippen molar-refractivity contribution >= 4 is 22.2 Å². The average molecular weight is 337 g/mol. The van der Waals surface area contributed by atoms with Crippen LogP contribution in [0.15, 0.2) is 28.9 Å². The quantitative estimate of drug-likeness (QED) is 0.777. The van der Waals surface area contributed by atoms with Gasteiger partial charge in [-0.25, -0.2) is 0 Å². The normalized spacial score (nSPS) is 10.8. The minimum absolute atomic E-state index is 0.323. The van der Waals surface area contributed by atoms with Crippen molar-refractivity contribution in [2.45, 2.75) is 33.4 Å². The highest BCUT2D eigenvalue weighted by Crippen LogP contribution is 2.27. The minimum Gasteiger partial charge on any atom is -0.486 e. The van der Waals surface area contributed by atoms with E-state index in [4.69, 9.17) is 4.74 Å². The van der Waals surface area contributed by atoms with Crippen molar-refractivity contribution in [1.82, 2.24) is 9.78 Å². The van der Waals surface area contributed by atoms with Gasteiger partial charge in [-0.05, 0) is 44.5 Å².